The first-order chi connectivity index (χ1) is 4.95. The van der Waals surface area contributed by atoms with Crippen molar-refractivity contribution < 1.29 is 14.6 Å². The minimum Gasteiger partial charge on any atom is -0.463 e. The molecule has 0 radical (unpaired) electrons. The first-order valence-corrected chi connectivity index (χ1v) is 3.83. The van der Waals surface area contributed by atoms with Gasteiger partial charge in [-0.15, -0.1) is 0 Å². The van der Waals surface area contributed by atoms with Gasteiger partial charge in [0.05, 0.1) is 18.1 Å². The van der Waals surface area contributed by atoms with Crippen molar-refractivity contribution in [1.82, 2.24) is 0 Å². The van der Waals surface area contributed by atoms with Crippen LogP contribution in [-0.2, 0) is 9.53 Å². The average Bonchev–Trinajstić information content (AvgIpc) is 1.84. The Bertz CT molecular complexity index is 129. The Hall–Kier alpha value is -0.570. The molecule has 11 heavy (non-hydrogen) atoms. The second-order valence-corrected chi connectivity index (χ2v) is 3.01. The molecule has 0 saturated carbocycles. The maximum absolute atomic E-state index is 11.0. The molecule has 1 N–H and O–H groups in total. The molecule has 0 aliphatic heterocycles. The Morgan fingerprint density at radius 2 is 1.73 bits per heavy atom. The number of ether oxygens (including phenoxy) is 1. The van der Waals surface area contributed by atoms with Crippen molar-refractivity contribution >= 4 is 5.97 Å². The summed E-state index contributed by atoms with van der Waals surface area (Å²) in [4.78, 5) is 11.0. The van der Waals surface area contributed by atoms with E-state index in [2.05, 4.69) is 0 Å². The summed E-state index contributed by atoms with van der Waals surface area (Å²) < 4.78 is 4.87. The molecule has 0 aliphatic rings. The Morgan fingerprint density at radius 3 is 2.00 bits per heavy atom. The van der Waals surface area contributed by atoms with Gasteiger partial charge in [-0.3, -0.25) is 4.79 Å². The number of rotatable bonds is 3. The van der Waals surface area contributed by atoms with Gasteiger partial charge in [0.1, 0.15) is 0 Å². The number of hydrogen-bond acceptors (Lipinski definition) is 3. The summed E-state index contributed by atoms with van der Waals surface area (Å²) in [5.41, 5.74) is 0. The number of aliphatic hydroxyl groups excluding tert-OH is 1. The van der Waals surface area contributed by atoms with Crippen LogP contribution in [0, 0.1) is 5.92 Å². The van der Waals surface area contributed by atoms with Crippen LogP contribution in [-0.4, -0.2) is 23.3 Å². The van der Waals surface area contributed by atoms with E-state index in [0.29, 0.717) is 0 Å². The summed E-state index contributed by atoms with van der Waals surface area (Å²) in [5, 5.41) is 9.00. The minimum absolute atomic E-state index is 0.108. The molecule has 0 aliphatic carbocycles. The van der Waals surface area contributed by atoms with E-state index in [9.17, 15) is 4.79 Å². The Labute approximate surface area is 67.4 Å². The quantitative estimate of drug-likeness (QED) is 0.625. The second kappa shape index (κ2) is 4.34. The Balaban J connectivity index is 3.83. The summed E-state index contributed by atoms with van der Waals surface area (Å²) in [6.45, 7) is 6.79. The van der Waals surface area contributed by atoms with Crippen LogP contribution in [0.3, 0.4) is 0 Å². The van der Waals surface area contributed by atoms with Gasteiger partial charge in [-0.25, -0.2) is 0 Å². The van der Waals surface area contributed by atoms with Gasteiger partial charge in [0.25, 0.3) is 0 Å². The van der Waals surface area contributed by atoms with Crippen LogP contribution in [0.4, 0.5) is 0 Å². The maximum Gasteiger partial charge on any atom is 0.311 e. The second-order valence-electron chi connectivity index (χ2n) is 3.01. The lowest BCUT2D eigenvalue weighted by molar-refractivity contribution is -0.155. The molecule has 0 aromatic heterocycles. The topological polar surface area (TPSA) is 46.5 Å². The van der Waals surface area contributed by atoms with Gasteiger partial charge >= 0.3 is 5.97 Å². The van der Waals surface area contributed by atoms with Crippen molar-refractivity contribution in [3.8, 4) is 0 Å². The Kier molecular flexibility index (Phi) is 4.11. The van der Waals surface area contributed by atoms with Crippen molar-refractivity contribution in [2.45, 2.75) is 39.9 Å². The van der Waals surface area contributed by atoms with E-state index >= 15 is 0 Å². The van der Waals surface area contributed by atoms with E-state index in [1.54, 1.807) is 27.7 Å². The average molecular weight is 160 g/mol. The molecule has 2 atom stereocenters. The van der Waals surface area contributed by atoms with Crippen molar-refractivity contribution in [2.75, 3.05) is 0 Å². The van der Waals surface area contributed by atoms with Crippen molar-refractivity contribution in [1.29, 1.82) is 0 Å². The molecule has 0 fully saturated rings. The zero-order valence-electron chi connectivity index (χ0n) is 7.50. The molecule has 0 amide bonds. The molecule has 66 valence electrons. The monoisotopic (exact) mass is 160 g/mol. The third-order valence-electron chi connectivity index (χ3n) is 1.45. The highest BCUT2D eigenvalue weighted by Crippen LogP contribution is 2.05. The summed E-state index contributed by atoms with van der Waals surface area (Å²) >= 11 is 0. The molecule has 0 aromatic carbocycles. The van der Waals surface area contributed by atoms with E-state index < -0.39 is 12.0 Å². The fourth-order valence-corrected chi connectivity index (χ4v) is 0.537. The zero-order chi connectivity index (χ0) is 9.02. The summed E-state index contributed by atoms with van der Waals surface area (Å²) in [6.07, 6.45) is -0.745. The van der Waals surface area contributed by atoms with E-state index in [1.165, 1.54) is 0 Å². The molecule has 0 spiro atoms. The molecule has 3 heteroatoms. The Morgan fingerprint density at radius 1 is 1.27 bits per heavy atom. The normalized spacial score (nSPS) is 16.2. The van der Waals surface area contributed by atoms with Gasteiger partial charge < -0.3 is 9.84 Å². The maximum atomic E-state index is 11.0. The number of hydrogen-bond donors (Lipinski definition) is 1. The highest BCUT2D eigenvalue weighted by molar-refractivity contribution is 5.72. The van der Waals surface area contributed by atoms with E-state index in [-0.39, 0.29) is 12.1 Å². The van der Waals surface area contributed by atoms with E-state index in [0.717, 1.165) is 0 Å². The third-order valence-corrected chi connectivity index (χ3v) is 1.45. The summed E-state index contributed by atoms with van der Waals surface area (Å²) in [5.74, 6) is -0.771. The van der Waals surface area contributed by atoms with Crippen molar-refractivity contribution in [3.63, 3.8) is 0 Å². The lowest BCUT2D eigenvalue weighted by Gasteiger charge is -2.15. The van der Waals surface area contributed by atoms with Crippen LogP contribution in [0.1, 0.15) is 27.7 Å². The van der Waals surface area contributed by atoms with Gasteiger partial charge in [-0.1, -0.05) is 0 Å². The molecule has 0 rings (SSSR count). The molecule has 0 aromatic rings. The largest absolute Gasteiger partial charge is 0.463 e. The summed E-state index contributed by atoms with van der Waals surface area (Å²) in [6, 6.07) is 0. The van der Waals surface area contributed by atoms with Gasteiger partial charge in [0.15, 0.2) is 0 Å². The molecule has 3 nitrogen and oxygen atoms in total. The predicted molar refractivity (Wildman–Crippen MR) is 42.1 cm³/mol. The molecule has 0 saturated heterocycles. The number of carbonyl (C=O) groups excluding carboxylic acids is 1. The van der Waals surface area contributed by atoms with Crippen LogP contribution in [0.15, 0.2) is 0 Å². The lowest BCUT2D eigenvalue weighted by atomic mass is 10.1. The van der Waals surface area contributed by atoms with E-state index in [1.807, 2.05) is 0 Å². The summed E-state index contributed by atoms with van der Waals surface area (Å²) in [7, 11) is 0. The number of carbonyl (C=O) groups is 1. The zero-order valence-corrected chi connectivity index (χ0v) is 7.50. The standard InChI is InChI=1S/C8H16O3/c1-5(2)11-8(10)6(3)7(4)9/h5-7,9H,1-4H3. The van der Waals surface area contributed by atoms with Crippen LogP contribution >= 0.6 is 0 Å². The van der Waals surface area contributed by atoms with Gasteiger partial charge in [-0.2, -0.15) is 0 Å². The van der Waals surface area contributed by atoms with Crippen LogP contribution in [0.5, 0.6) is 0 Å². The first-order valence-electron chi connectivity index (χ1n) is 3.83. The molecule has 0 heterocycles. The van der Waals surface area contributed by atoms with Crippen LogP contribution in [0.25, 0.3) is 0 Å². The fourth-order valence-electron chi connectivity index (χ4n) is 0.537. The molecular formula is C8H16O3. The highest BCUT2D eigenvalue weighted by atomic mass is 16.5. The first kappa shape index (κ1) is 10.4. The highest BCUT2D eigenvalue weighted by Gasteiger charge is 2.20. The van der Waals surface area contributed by atoms with E-state index in [4.69, 9.17) is 9.84 Å². The van der Waals surface area contributed by atoms with Crippen molar-refractivity contribution in [2.24, 2.45) is 5.92 Å². The number of esters is 1. The molecule has 2 unspecified atom stereocenters. The smallest absolute Gasteiger partial charge is 0.311 e. The van der Waals surface area contributed by atoms with Gasteiger partial charge in [-0.05, 0) is 27.7 Å². The SMILES string of the molecule is CC(C)OC(=O)C(C)C(C)O. The van der Waals surface area contributed by atoms with Crippen LogP contribution in [0.2, 0.25) is 0 Å². The van der Waals surface area contributed by atoms with Gasteiger partial charge in [0, 0.05) is 0 Å². The van der Waals surface area contributed by atoms with Crippen LogP contribution < -0.4 is 0 Å². The van der Waals surface area contributed by atoms with Gasteiger partial charge in [0.2, 0.25) is 0 Å². The van der Waals surface area contributed by atoms with Crippen molar-refractivity contribution in [3.05, 3.63) is 0 Å². The fraction of sp³-hybridized carbons (Fsp3) is 0.875. The molecule has 0 bridgehead atoms. The number of aliphatic hydroxyl groups is 1. The minimum atomic E-state index is -0.638. The molecular weight excluding hydrogens is 144 g/mol. The third kappa shape index (κ3) is 3.98. The predicted octanol–water partition coefficient (Wildman–Crippen LogP) is 0.955. The lowest BCUT2D eigenvalue weighted by Crippen LogP contribution is -2.26.